The molecule has 0 aliphatic heterocycles. The Morgan fingerprint density at radius 1 is 1.00 bits per heavy atom. The van der Waals surface area contributed by atoms with Gasteiger partial charge in [0.25, 0.3) is 0 Å². The van der Waals surface area contributed by atoms with E-state index in [1.165, 1.54) is 0 Å². The topological polar surface area (TPSA) is 32.6 Å². The highest BCUT2D eigenvalue weighted by atomic mass is 15.0. The second kappa shape index (κ2) is 3.77. The molecular weight excluding hydrogens is 198 g/mol. The molecule has 0 saturated heterocycles. The fourth-order valence-electron chi connectivity index (χ4n) is 1.79. The average molecular weight is 210 g/mol. The molecule has 3 heteroatoms. The van der Waals surface area contributed by atoms with Gasteiger partial charge in [-0.2, -0.15) is 4.57 Å². The molecule has 0 aliphatic carbocycles. The molecule has 0 amide bonds. The molecule has 0 bridgehead atoms. The largest absolute Gasteiger partial charge is 0.337 e. The summed E-state index contributed by atoms with van der Waals surface area (Å²) in [4.78, 5) is 7.84. The minimum absolute atomic E-state index is 0.773. The summed E-state index contributed by atoms with van der Waals surface area (Å²) in [7, 11) is 0. The van der Waals surface area contributed by atoms with Crippen LogP contribution in [0.2, 0.25) is 0 Å². The van der Waals surface area contributed by atoms with Gasteiger partial charge in [-0.05, 0) is 12.1 Å². The second-order valence-electron chi connectivity index (χ2n) is 3.75. The molecule has 2 heterocycles. The number of H-pyrrole nitrogens is 1. The number of hydrogen-bond acceptors (Lipinski definition) is 1. The first-order chi connectivity index (χ1) is 7.92. The van der Waals surface area contributed by atoms with E-state index in [2.05, 4.69) is 14.5 Å². The number of imidazole rings is 1. The highest BCUT2D eigenvalue weighted by molar-refractivity contribution is 5.74. The first-order valence-corrected chi connectivity index (χ1v) is 5.29. The van der Waals surface area contributed by atoms with Crippen LogP contribution in [0.4, 0.5) is 0 Å². The lowest BCUT2D eigenvalue weighted by atomic mass is 10.3. The molecule has 0 spiro atoms. The Bertz CT molecular complexity index is 566. The lowest BCUT2D eigenvalue weighted by Crippen LogP contribution is -2.33. The van der Waals surface area contributed by atoms with E-state index >= 15 is 0 Å². The number of nitrogens with zero attached hydrogens (tertiary/aromatic N) is 2. The molecule has 3 rings (SSSR count). The summed E-state index contributed by atoms with van der Waals surface area (Å²) < 4.78 is 2.09. The molecule has 1 aromatic carbocycles. The maximum atomic E-state index is 4.53. The standard InChI is InChI=1S/C13H12N3/c1-4-8-16(9-5-1)10-13-14-11-6-2-3-7-12(11)15-13/h1-9H,10H2,(H,14,15)/q+1. The van der Waals surface area contributed by atoms with Crippen molar-refractivity contribution in [1.82, 2.24) is 9.97 Å². The zero-order valence-corrected chi connectivity index (χ0v) is 8.80. The third kappa shape index (κ3) is 1.67. The molecule has 0 atom stereocenters. The van der Waals surface area contributed by atoms with E-state index in [-0.39, 0.29) is 0 Å². The van der Waals surface area contributed by atoms with Crippen LogP contribution in [0.5, 0.6) is 0 Å². The Labute approximate surface area is 93.4 Å². The van der Waals surface area contributed by atoms with Crippen molar-refractivity contribution in [1.29, 1.82) is 0 Å². The number of benzene rings is 1. The van der Waals surface area contributed by atoms with Crippen LogP contribution in [-0.4, -0.2) is 9.97 Å². The zero-order valence-electron chi connectivity index (χ0n) is 8.80. The lowest BCUT2D eigenvalue weighted by Gasteiger charge is -1.91. The number of nitrogens with one attached hydrogen (secondary N) is 1. The number of aromatic nitrogens is 3. The van der Waals surface area contributed by atoms with Crippen molar-refractivity contribution in [3.05, 3.63) is 60.7 Å². The molecule has 0 aliphatic rings. The van der Waals surface area contributed by atoms with Crippen LogP contribution in [-0.2, 0) is 6.54 Å². The summed E-state index contributed by atoms with van der Waals surface area (Å²) in [6, 6.07) is 14.1. The normalized spacial score (nSPS) is 10.8. The minimum Gasteiger partial charge on any atom is -0.337 e. The van der Waals surface area contributed by atoms with Crippen LogP contribution in [0, 0.1) is 0 Å². The van der Waals surface area contributed by atoms with E-state index in [9.17, 15) is 0 Å². The summed E-state index contributed by atoms with van der Waals surface area (Å²) in [5.41, 5.74) is 2.11. The fraction of sp³-hybridized carbons (Fsp3) is 0.0769. The van der Waals surface area contributed by atoms with Crippen molar-refractivity contribution in [3.8, 4) is 0 Å². The Morgan fingerprint density at radius 2 is 1.81 bits per heavy atom. The second-order valence-corrected chi connectivity index (χ2v) is 3.75. The number of para-hydroxylation sites is 2. The van der Waals surface area contributed by atoms with Crippen LogP contribution in [0.15, 0.2) is 54.9 Å². The Balaban J connectivity index is 1.95. The smallest absolute Gasteiger partial charge is 0.205 e. The van der Waals surface area contributed by atoms with Crippen molar-refractivity contribution in [3.63, 3.8) is 0 Å². The van der Waals surface area contributed by atoms with Gasteiger partial charge < -0.3 is 4.98 Å². The molecule has 0 unspecified atom stereocenters. The van der Waals surface area contributed by atoms with Crippen LogP contribution >= 0.6 is 0 Å². The summed E-state index contributed by atoms with van der Waals surface area (Å²) in [5, 5.41) is 0. The van der Waals surface area contributed by atoms with Crippen molar-refractivity contribution < 1.29 is 4.57 Å². The zero-order chi connectivity index (χ0) is 10.8. The molecule has 78 valence electrons. The predicted octanol–water partition coefficient (Wildman–Crippen LogP) is 1.90. The first kappa shape index (κ1) is 9.09. The third-order valence-corrected chi connectivity index (χ3v) is 2.55. The molecule has 3 aromatic rings. The molecule has 0 fully saturated rings. The summed E-state index contributed by atoms with van der Waals surface area (Å²) in [6.07, 6.45) is 4.07. The maximum absolute atomic E-state index is 4.53. The van der Waals surface area contributed by atoms with Gasteiger partial charge in [-0.3, -0.25) is 0 Å². The van der Waals surface area contributed by atoms with Crippen molar-refractivity contribution in [2.75, 3.05) is 0 Å². The number of rotatable bonds is 2. The van der Waals surface area contributed by atoms with Gasteiger partial charge in [0, 0.05) is 12.1 Å². The van der Waals surface area contributed by atoms with Gasteiger partial charge in [-0.25, -0.2) is 4.98 Å². The van der Waals surface area contributed by atoms with Gasteiger partial charge in [-0.15, -0.1) is 0 Å². The van der Waals surface area contributed by atoms with Gasteiger partial charge in [0.05, 0.1) is 11.0 Å². The molecule has 2 aromatic heterocycles. The van der Waals surface area contributed by atoms with Gasteiger partial charge >= 0.3 is 0 Å². The van der Waals surface area contributed by atoms with Gasteiger partial charge in [-0.1, -0.05) is 18.2 Å². The van der Waals surface area contributed by atoms with E-state index in [0.29, 0.717) is 0 Å². The minimum atomic E-state index is 0.773. The van der Waals surface area contributed by atoms with E-state index in [0.717, 1.165) is 23.4 Å². The predicted molar refractivity (Wildman–Crippen MR) is 61.8 cm³/mol. The number of pyridine rings is 1. The molecule has 3 nitrogen and oxygen atoms in total. The summed E-state index contributed by atoms with van der Waals surface area (Å²) in [5.74, 6) is 0.984. The van der Waals surface area contributed by atoms with Crippen molar-refractivity contribution >= 4 is 11.0 Å². The van der Waals surface area contributed by atoms with Crippen molar-refractivity contribution in [2.24, 2.45) is 0 Å². The Kier molecular flexibility index (Phi) is 2.14. The number of fused-ring (bicyclic) bond motifs is 1. The first-order valence-electron chi connectivity index (χ1n) is 5.29. The maximum Gasteiger partial charge on any atom is 0.205 e. The summed E-state index contributed by atoms with van der Waals surface area (Å²) >= 11 is 0. The van der Waals surface area contributed by atoms with E-state index < -0.39 is 0 Å². The van der Waals surface area contributed by atoms with Gasteiger partial charge in [0.15, 0.2) is 18.2 Å². The van der Waals surface area contributed by atoms with E-state index in [1.54, 1.807) is 0 Å². The van der Waals surface area contributed by atoms with Crippen molar-refractivity contribution in [2.45, 2.75) is 6.54 Å². The van der Waals surface area contributed by atoms with Crippen LogP contribution in [0.1, 0.15) is 5.82 Å². The van der Waals surface area contributed by atoms with Crippen LogP contribution in [0.3, 0.4) is 0 Å². The SMILES string of the molecule is c1cc[n+](Cc2nc3ccccc3[nH]2)cc1. The van der Waals surface area contributed by atoms with Crippen LogP contribution < -0.4 is 4.57 Å². The highest BCUT2D eigenvalue weighted by Crippen LogP contribution is 2.09. The number of aromatic amines is 1. The average Bonchev–Trinajstić information content (AvgIpc) is 2.72. The monoisotopic (exact) mass is 210 g/mol. The Hall–Kier alpha value is -2.16. The molecule has 1 N–H and O–H groups in total. The van der Waals surface area contributed by atoms with Crippen LogP contribution in [0.25, 0.3) is 11.0 Å². The Morgan fingerprint density at radius 3 is 2.62 bits per heavy atom. The van der Waals surface area contributed by atoms with Gasteiger partial charge in [0.1, 0.15) is 0 Å². The molecular formula is C13H12N3+. The molecule has 0 saturated carbocycles. The fourth-order valence-corrected chi connectivity index (χ4v) is 1.79. The summed E-state index contributed by atoms with van der Waals surface area (Å²) in [6.45, 7) is 0.773. The third-order valence-electron chi connectivity index (χ3n) is 2.55. The lowest BCUT2D eigenvalue weighted by molar-refractivity contribution is -0.689. The molecule has 0 radical (unpaired) electrons. The highest BCUT2D eigenvalue weighted by Gasteiger charge is 2.06. The van der Waals surface area contributed by atoms with E-state index in [4.69, 9.17) is 0 Å². The van der Waals surface area contributed by atoms with E-state index in [1.807, 2.05) is 54.9 Å². The molecule has 16 heavy (non-hydrogen) atoms. The number of hydrogen-bond donors (Lipinski definition) is 1. The van der Waals surface area contributed by atoms with Gasteiger partial charge in [0.2, 0.25) is 6.54 Å². The quantitative estimate of drug-likeness (QED) is 0.644.